The third-order valence-electron chi connectivity index (χ3n) is 1.70. The van der Waals surface area contributed by atoms with E-state index in [4.69, 9.17) is 0 Å². The Bertz CT molecular complexity index is 281. The highest BCUT2D eigenvalue weighted by Crippen LogP contribution is 2.12. The Morgan fingerprint density at radius 2 is 2.00 bits per heavy atom. The first-order valence-electron chi connectivity index (χ1n) is 4.01. The van der Waals surface area contributed by atoms with Crippen molar-refractivity contribution in [3.63, 3.8) is 0 Å². The van der Waals surface area contributed by atoms with E-state index in [1.165, 1.54) is 0 Å². The predicted molar refractivity (Wildman–Crippen MR) is 61.5 cm³/mol. The summed E-state index contributed by atoms with van der Waals surface area (Å²) in [5.74, 6) is 1.12. The summed E-state index contributed by atoms with van der Waals surface area (Å²) in [5.41, 5.74) is 0.803. The summed E-state index contributed by atoms with van der Waals surface area (Å²) < 4.78 is 1.01. The number of carbonyl (C=O) groups excluding carboxylic acids is 1. The quantitative estimate of drug-likeness (QED) is 0.771. The van der Waals surface area contributed by atoms with Gasteiger partial charge in [-0.05, 0) is 18.4 Å². The molecule has 0 unspecified atom stereocenters. The molecule has 0 radical (unpaired) electrons. The number of benzene rings is 1. The second-order valence-corrected chi connectivity index (χ2v) is 4.57. The number of thioether (sulfide) groups is 1. The number of hydrogen-bond acceptors (Lipinski definition) is 2. The highest BCUT2D eigenvalue weighted by Gasteiger charge is 2.03. The van der Waals surface area contributed by atoms with Crippen LogP contribution in [0, 0.1) is 0 Å². The fraction of sp³-hybridized carbons (Fsp3) is 0.300. The maximum absolute atomic E-state index is 11.5. The SMILES string of the molecule is CSCCC(=O)c1ccc(Br)cc1. The molecule has 0 aliphatic heterocycles. The molecule has 70 valence electrons. The summed E-state index contributed by atoms with van der Waals surface area (Å²) in [6.45, 7) is 0. The number of halogens is 1. The van der Waals surface area contributed by atoms with E-state index in [0.717, 1.165) is 15.8 Å². The summed E-state index contributed by atoms with van der Waals surface area (Å²) in [4.78, 5) is 11.5. The monoisotopic (exact) mass is 258 g/mol. The van der Waals surface area contributed by atoms with Gasteiger partial charge in [0.15, 0.2) is 5.78 Å². The van der Waals surface area contributed by atoms with E-state index in [2.05, 4.69) is 15.9 Å². The van der Waals surface area contributed by atoms with Gasteiger partial charge < -0.3 is 0 Å². The zero-order chi connectivity index (χ0) is 9.68. The first kappa shape index (κ1) is 10.8. The zero-order valence-corrected chi connectivity index (χ0v) is 9.82. The van der Waals surface area contributed by atoms with Crippen LogP contribution in [0.4, 0.5) is 0 Å². The van der Waals surface area contributed by atoms with Crippen molar-refractivity contribution >= 4 is 33.5 Å². The highest BCUT2D eigenvalue weighted by molar-refractivity contribution is 9.10. The van der Waals surface area contributed by atoms with Gasteiger partial charge in [-0.3, -0.25) is 4.79 Å². The van der Waals surface area contributed by atoms with Gasteiger partial charge in [0.2, 0.25) is 0 Å². The molecule has 0 N–H and O–H groups in total. The van der Waals surface area contributed by atoms with E-state index in [9.17, 15) is 4.79 Å². The maximum Gasteiger partial charge on any atom is 0.163 e. The van der Waals surface area contributed by atoms with E-state index >= 15 is 0 Å². The molecule has 1 aromatic rings. The Kier molecular flexibility index (Phi) is 4.53. The second-order valence-electron chi connectivity index (χ2n) is 2.67. The van der Waals surface area contributed by atoms with Crippen LogP contribution < -0.4 is 0 Å². The van der Waals surface area contributed by atoms with Crippen molar-refractivity contribution in [3.8, 4) is 0 Å². The van der Waals surface area contributed by atoms with Crippen LogP contribution in [0.15, 0.2) is 28.7 Å². The lowest BCUT2D eigenvalue weighted by Crippen LogP contribution is -1.99. The minimum atomic E-state index is 0.224. The van der Waals surface area contributed by atoms with Crippen molar-refractivity contribution in [3.05, 3.63) is 34.3 Å². The number of Topliss-reactive ketones (excluding diaryl/α,β-unsaturated/α-hetero) is 1. The van der Waals surface area contributed by atoms with Crippen LogP contribution in [0.2, 0.25) is 0 Å². The molecule has 0 saturated heterocycles. The molecular weight excluding hydrogens is 248 g/mol. The molecule has 0 heterocycles. The maximum atomic E-state index is 11.5. The molecule has 0 amide bonds. The second kappa shape index (κ2) is 5.45. The molecule has 0 bridgehead atoms. The summed E-state index contributed by atoms with van der Waals surface area (Å²) in [7, 11) is 0. The molecule has 0 spiro atoms. The Morgan fingerprint density at radius 3 is 2.54 bits per heavy atom. The van der Waals surface area contributed by atoms with E-state index in [0.29, 0.717) is 6.42 Å². The topological polar surface area (TPSA) is 17.1 Å². The van der Waals surface area contributed by atoms with Gasteiger partial charge in [0, 0.05) is 22.2 Å². The molecule has 0 saturated carbocycles. The van der Waals surface area contributed by atoms with Crippen LogP contribution in [-0.2, 0) is 0 Å². The van der Waals surface area contributed by atoms with Crippen molar-refractivity contribution in [2.75, 3.05) is 12.0 Å². The van der Waals surface area contributed by atoms with E-state index in [-0.39, 0.29) is 5.78 Å². The number of carbonyl (C=O) groups is 1. The molecule has 1 nitrogen and oxygen atoms in total. The molecule has 0 aromatic heterocycles. The standard InChI is InChI=1S/C10H11BrOS/c1-13-7-6-10(12)8-2-4-9(11)5-3-8/h2-5H,6-7H2,1H3. The van der Waals surface area contributed by atoms with Crippen LogP contribution in [0.1, 0.15) is 16.8 Å². The Labute approximate surface area is 91.0 Å². The third kappa shape index (κ3) is 3.53. The highest BCUT2D eigenvalue weighted by atomic mass is 79.9. The van der Waals surface area contributed by atoms with Crippen molar-refractivity contribution in [1.29, 1.82) is 0 Å². The van der Waals surface area contributed by atoms with Crippen LogP contribution in [0.3, 0.4) is 0 Å². The predicted octanol–water partition coefficient (Wildman–Crippen LogP) is 3.38. The minimum Gasteiger partial charge on any atom is -0.294 e. The molecule has 0 fully saturated rings. The van der Waals surface area contributed by atoms with Gasteiger partial charge in [0.25, 0.3) is 0 Å². The lowest BCUT2D eigenvalue weighted by Gasteiger charge is -1.99. The lowest BCUT2D eigenvalue weighted by molar-refractivity contribution is 0.0989. The molecule has 0 atom stereocenters. The van der Waals surface area contributed by atoms with Gasteiger partial charge in [-0.1, -0.05) is 28.1 Å². The van der Waals surface area contributed by atoms with Crippen molar-refractivity contribution in [1.82, 2.24) is 0 Å². The summed E-state index contributed by atoms with van der Waals surface area (Å²) in [5, 5.41) is 0. The molecule has 0 aliphatic carbocycles. The number of ketones is 1. The lowest BCUT2D eigenvalue weighted by atomic mass is 10.1. The van der Waals surface area contributed by atoms with Gasteiger partial charge in [-0.25, -0.2) is 0 Å². The van der Waals surface area contributed by atoms with Gasteiger partial charge in [-0.15, -0.1) is 0 Å². The molecule has 3 heteroatoms. The van der Waals surface area contributed by atoms with Gasteiger partial charge in [-0.2, -0.15) is 11.8 Å². The molecule has 1 aromatic carbocycles. The zero-order valence-electron chi connectivity index (χ0n) is 7.42. The number of hydrogen-bond donors (Lipinski definition) is 0. The summed E-state index contributed by atoms with van der Waals surface area (Å²) in [6.07, 6.45) is 2.64. The summed E-state index contributed by atoms with van der Waals surface area (Å²) >= 11 is 5.03. The van der Waals surface area contributed by atoms with Crippen LogP contribution in [0.5, 0.6) is 0 Å². The average Bonchev–Trinajstić information content (AvgIpc) is 2.15. The van der Waals surface area contributed by atoms with Crippen LogP contribution in [-0.4, -0.2) is 17.8 Å². The van der Waals surface area contributed by atoms with Crippen molar-refractivity contribution < 1.29 is 4.79 Å². The van der Waals surface area contributed by atoms with E-state index < -0.39 is 0 Å². The summed E-state index contributed by atoms with van der Waals surface area (Å²) in [6, 6.07) is 7.50. The molecule has 13 heavy (non-hydrogen) atoms. The Hall–Kier alpha value is -0.280. The van der Waals surface area contributed by atoms with E-state index in [1.807, 2.05) is 30.5 Å². The molecular formula is C10H11BrOS. The number of rotatable bonds is 4. The normalized spacial score (nSPS) is 10.0. The smallest absolute Gasteiger partial charge is 0.163 e. The third-order valence-corrected chi connectivity index (χ3v) is 2.84. The fourth-order valence-corrected chi connectivity index (χ4v) is 1.63. The van der Waals surface area contributed by atoms with Crippen molar-refractivity contribution in [2.45, 2.75) is 6.42 Å². The molecule has 0 aliphatic rings. The van der Waals surface area contributed by atoms with E-state index in [1.54, 1.807) is 11.8 Å². The van der Waals surface area contributed by atoms with Crippen LogP contribution >= 0.6 is 27.7 Å². The van der Waals surface area contributed by atoms with Gasteiger partial charge >= 0.3 is 0 Å². The van der Waals surface area contributed by atoms with Gasteiger partial charge in [0.05, 0.1) is 0 Å². The van der Waals surface area contributed by atoms with Gasteiger partial charge in [0.1, 0.15) is 0 Å². The first-order chi connectivity index (χ1) is 6.24. The largest absolute Gasteiger partial charge is 0.294 e. The minimum absolute atomic E-state index is 0.224. The Balaban J connectivity index is 2.61. The van der Waals surface area contributed by atoms with Crippen LogP contribution in [0.25, 0.3) is 0 Å². The fourth-order valence-electron chi connectivity index (χ4n) is 0.975. The molecule has 1 rings (SSSR count). The first-order valence-corrected chi connectivity index (χ1v) is 6.20. The average molecular weight is 259 g/mol. The van der Waals surface area contributed by atoms with Crippen molar-refractivity contribution in [2.24, 2.45) is 0 Å². The Morgan fingerprint density at radius 1 is 1.38 bits per heavy atom.